The minimum atomic E-state index is -0.0371. The van der Waals surface area contributed by atoms with Crippen LogP contribution in [0.4, 0.5) is 5.82 Å². The van der Waals surface area contributed by atoms with E-state index in [2.05, 4.69) is 9.88 Å². The summed E-state index contributed by atoms with van der Waals surface area (Å²) in [5, 5.41) is 4.59. The number of rotatable bonds is 4. The van der Waals surface area contributed by atoms with Crippen molar-refractivity contribution in [2.24, 2.45) is 0 Å². The number of hydrogen-bond donors (Lipinski definition) is 0. The number of carbonyl (C=O) groups is 1. The summed E-state index contributed by atoms with van der Waals surface area (Å²) in [5.41, 5.74) is 2.89. The molecule has 0 N–H and O–H groups in total. The minimum absolute atomic E-state index is 0.0371. The molecule has 8 heteroatoms. The molecular formula is C26H22N4O3S. The van der Waals surface area contributed by atoms with E-state index in [1.165, 1.54) is 11.3 Å². The summed E-state index contributed by atoms with van der Waals surface area (Å²) in [6, 6.07) is 17.7. The van der Waals surface area contributed by atoms with Crippen LogP contribution in [0.25, 0.3) is 32.5 Å². The average Bonchev–Trinajstić information content (AvgIpc) is 3.54. The topological polar surface area (TPSA) is 71.7 Å². The highest BCUT2D eigenvalue weighted by Crippen LogP contribution is 2.41. The number of aromatic nitrogens is 2. The lowest BCUT2D eigenvalue weighted by atomic mass is 10.1. The number of nitrogens with zero attached hydrogens (tertiary/aromatic N) is 4. The first-order valence-electron chi connectivity index (χ1n) is 11.1. The summed E-state index contributed by atoms with van der Waals surface area (Å²) < 4.78 is 11.6. The highest BCUT2D eigenvalue weighted by molar-refractivity contribution is 7.13. The average molecular weight is 471 g/mol. The van der Waals surface area contributed by atoms with Crippen LogP contribution in [0.5, 0.6) is 5.75 Å². The van der Waals surface area contributed by atoms with Crippen molar-refractivity contribution in [3.8, 4) is 16.3 Å². The first-order chi connectivity index (χ1) is 16.7. The Bertz CT molecular complexity index is 1490. The van der Waals surface area contributed by atoms with Gasteiger partial charge in [-0.25, -0.2) is 9.97 Å². The number of piperazine rings is 1. The van der Waals surface area contributed by atoms with Crippen molar-refractivity contribution in [1.82, 2.24) is 14.9 Å². The molecule has 0 saturated carbocycles. The van der Waals surface area contributed by atoms with Gasteiger partial charge in [-0.05, 0) is 30.3 Å². The fraction of sp³-hybridized carbons (Fsp3) is 0.192. The molecular weight excluding hydrogens is 448 g/mol. The largest absolute Gasteiger partial charge is 0.493 e. The van der Waals surface area contributed by atoms with E-state index in [9.17, 15) is 4.79 Å². The van der Waals surface area contributed by atoms with E-state index in [0.717, 1.165) is 45.8 Å². The van der Waals surface area contributed by atoms with Crippen LogP contribution < -0.4 is 9.64 Å². The van der Waals surface area contributed by atoms with Crippen molar-refractivity contribution in [2.45, 2.75) is 0 Å². The fourth-order valence-electron chi connectivity index (χ4n) is 4.48. The van der Waals surface area contributed by atoms with Crippen LogP contribution in [-0.4, -0.2) is 54.1 Å². The van der Waals surface area contributed by atoms with Gasteiger partial charge in [-0.3, -0.25) is 4.79 Å². The maximum Gasteiger partial charge on any atom is 0.273 e. The van der Waals surface area contributed by atoms with E-state index < -0.39 is 0 Å². The lowest BCUT2D eigenvalue weighted by Gasteiger charge is -2.35. The molecule has 4 heterocycles. The Morgan fingerprint density at radius 2 is 1.85 bits per heavy atom. The van der Waals surface area contributed by atoms with Gasteiger partial charge in [0.05, 0.1) is 7.11 Å². The highest BCUT2D eigenvalue weighted by atomic mass is 32.1. The second kappa shape index (κ2) is 8.46. The molecule has 6 rings (SSSR count). The van der Waals surface area contributed by atoms with Crippen LogP contribution in [0, 0.1) is 0 Å². The highest BCUT2D eigenvalue weighted by Gasteiger charge is 2.25. The third-order valence-electron chi connectivity index (χ3n) is 6.20. The lowest BCUT2D eigenvalue weighted by Crippen LogP contribution is -2.49. The van der Waals surface area contributed by atoms with Gasteiger partial charge in [0.25, 0.3) is 5.91 Å². The van der Waals surface area contributed by atoms with Gasteiger partial charge in [0, 0.05) is 54.1 Å². The standard InChI is InChI=1S/C26H22N4O3S/c1-32-21-10-9-18(23-17-6-2-3-7-20(17)33-24(21)23)25-28-19(16-34-25)26(31)30-14-12-29(13-15-30)22-8-4-5-11-27-22/h2-11,16H,12-15H2,1H3. The number of amides is 1. The Kier molecular flexibility index (Phi) is 5.15. The van der Waals surface area contributed by atoms with Crippen LogP contribution in [0.15, 0.2) is 70.6 Å². The fourth-order valence-corrected chi connectivity index (χ4v) is 5.31. The van der Waals surface area contributed by atoms with Crippen molar-refractivity contribution in [2.75, 3.05) is 38.2 Å². The number of fused-ring (bicyclic) bond motifs is 3. The number of hydrogen-bond acceptors (Lipinski definition) is 7. The Hall–Kier alpha value is -3.91. The quantitative estimate of drug-likeness (QED) is 0.365. The van der Waals surface area contributed by atoms with Gasteiger partial charge in [-0.1, -0.05) is 24.3 Å². The second-order valence-electron chi connectivity index (χ2n) is 8.12. The zero-order valence-corrected chi connectivity index (χ0v) is 19.4. The Balaban J connectivity index is 1.28. The number of thiazole rings is 1. The Morgan fingerprint density at radius 3 is 2.65 bits per heavy atom. The van der Waals surface area contributed by atoms with E-state index >= 15 is 0 Å². The zero-order valence-electron chi connectivity index (χ0n) is 18.6. The van der Waals surface area contributed by atoms with Gasteiger partial charge >= 0.3 is 0 Å². The van der Waals surface area contributed by atoms with Gasteiger partial charge in [-0.15, -0.1) is 11.3 Å². The normalized spacial score (nSPS) is 14.1. The summed E-state index contributed by atoms with van der Waals surface area (Å²) in [5.74, 6) is 1.58. The molecule has 2 aromatic carbocycles. The minimum Gasteiger partial charge on any atom is -0.493 e. The van der Waals surface area contributed by atoms with Crippen LogP contribution in [-0.2, 0) is 0 Å². The molecule has 3 aromatic heterocycles. The number of ether oxygens (including phenoxy) is 1. The first kappa shape index (κ1) is 20.7. The lowest BCUT2D eigenvalue weighted by molar-refractivity contribution is 0.0741. The first-order valence-corrected chi connectivity index (χ1v) is 12.0. The van der Waals surface area contributed by atoms with E-state index in [0.29, 0.717) is 30.1 Å². The SMILES string of the molecule is COc1ccc(-c2nc(C(=O)N3CCN(c4ccccn4)CC3)cs2)c2c1oc1ccccc12. The summed E-state index contributed by atoms with van der Waals surface area (Å²) in [4.78, 5) is 26.4. The monoisotopic (exact) mass is 470 g/mol. The van der Waals surface area contributed by atoms with Gasteiger partial charge in [0.2, 0.25) is 0 Å². The molecule has 5 aromatic rings. The van der Waals surface area contributed by atoms with Crippen molar-refractivity contribution in [3.63, 3.8) is 0 Å². The third kappa shape index (κ3) is 3.47. The van der Waals surface area contributed by atoms with E-state index in [4.69, 9.17) is 14.1 Å². The number of carbonyl (C=O) groups excluding carboxylic acids is 1. The Morgan fingerprint density at radius 1 is 1.03 bits per heavy atom. The molecule has 34 heavy (non-hydrogen) atoms. The van der Waals surface area contributed by atoms with E-state index in [1.807, 2.05) is 64.9 Å². The maximum atomic E-state index is 13.2. The second-order valence-corrected chi connectivity index (χ2v) is 8.98. The molecule has 0 atom stereocenters. The van der Waals surface area contributed by atoms with Gasteiger partial charge < -0.3 is 19.0 Å². The molecule has 1 amide bonds. The van der Waals surface area contributed by atoms with Crippen molar-refractivity contribution < 1.29 is 13.9 Å². The number of anilines is 1. The van der Waals surface area contributed by atoms with Crippen LogP contribution in [0.3, 0.4) is 0 Å². The molecule has 0 bridgehead atoms. The Labute approximate surface area is 200 Å². The molecule has 170 valence electrons. The molecule has 1 fully saturated rings. The number of pyridine rings is 1. The molecule has 0 unspecified atom stereocenters. The number of furan rings is 1. The number of methoxy groups -OCH3 is 1. The smallest absolute Gasteiger partial charge is 0.273 e. The molecule has 0 spiro atoms. The summed E-state index contributed by atoms with van der Waals surface area (Å²) in [7, 11) is 1.63. The molecule has 7 nitrogen and oxygen atoms in total. The van der Waals surface area contributed by atoms with Gasteiger partial charge in [-0.2, -0.15) is 0 Å². The summed E-state index contributed by atoms with van der Waals surface area (Å²) in [6.45, 7) is 2.78. The third-order valence-corrected chi connectivity index (χ3v) is 7.08. The van der Waals surface area contributed by atoms with Crippen molar-refractivity contribution >= 4 is 45.0 Å². The summed E-state index contributed by atoms with van der Waals surface area (Å²) in [6.07, 6.45) is 1.79. The number of benzene rings is 2. The molecule has 1 aliphatic heterocycles. The molecule has 1 aliphatic rings. The van der Waals surface area contributed by atoms with Crippen molar-refractivity contribution in [1.29, 1.82) is 0 Å². The van der Waals surface area contributed by atoms with Crippen LogP contribution in [0.1, 0.15) is 10.5 Å². The van der Waals surface area contributed by atoms with E-state index in [-0.39, 0.29) is 5.91 Å². The van der Waals surface area contributed by atoms with Gasteiger partial charge in [0.15, 0.2) is 11.3 Å². The van der Waals surface area contributed by atoms with Gasteiger partial charge in [0.1, 0.15) is 22.1 Å². The van der Waals surface area contributed by atoms with Crippen LogP contribution in [0.2, 0.25) is 0 Å². The predicted molar refractivity (Wildman–Crippen MR) is 134 cm³/mol. The van der Waals surface area contributed by atoms with Crippen LogP contribution >= 0.6 is 11.3 Å². The zero-order chi connectivity index (χ0) is 23.1. The summed E-state index contributed by atoms with van der Waals surface area (Å²) >= 11 is 1.47. The maximum absolute atomic E-state index is 13.2. The van der Waals surface area contributed by atoms with Crippen molar-refractivity contribution in [3.05, 3.63) is 71.9 Å². The van der Waals surface area contributed by atoms with E-state index in [1.54, 1.807) is 13.3 Å². The number of para-hydroxylation sites is 1. The predicted octanol–water partition coefficient (Wildman–Crippen LogP) is 5.08. The molecule has 1 saturated heterocycles. The molecule has 0 radical (unpaired) electrons. The molecule has 0 aliphatic carbocycles.